The molecule has 1 atom stereocenters. The van der Waals surface area contributed by atoms with Gasteiger partial charge in [-0.15, -0.1) is 0 Å². The van der Waals surface area contributed by atoms with E-state index in [-0.39, 0.29) is 13.1 Å². The monoisotopic (exact) mass is 293 g/mol. The Labute approximate surface area is 122 Å². The van der Waals surface area contributed by atoms with E-state index in [1.54, 1.807) is 31.2 Å². The third-order valence-corrected chi connectivity index (χ3v) is 3.02. The molecule has 0 fully saturated rings. The predicted molar refractivity (Wildman–Crippen MR) is 76.2 cm³/mol. The van der Waals surface area contributed by atoms with Crippen LogP contribution in [0.2, 0.25) is 0 Å². The van der Waals surface area contributed by atoms with Crippen molar-refractivity contribution in [1.82, 2.24) is 4.90 Å². The van der Waals surface area contributed by atoms with Crippen molar-refractivity contribution in [3.05, 3.63) is 35.4 Å². The number of benzene rings is 1. The fraction of sp³-hybridized carbons (Fsp3) is 0.357. The second kappa shape index (κ2) is 7.39. The lowest BCUT2D eigenvalue weighted by Gasteiger charge is -2.19. The first-order chi connectivity index (χ1) is 9.79. The second-order valence-corrected chi connectivity index (χ2v) is 4.88. The first-order valence-electron chi connectivity index (χ1n) is 6.40. The molecule has 1 aromatic rings. The molecular weight excluding hydrogens is 274 g/mol. The van der Waals surface area contributed by atoms with Crippen LogP contribution in [-0.4, -0.2) is 40.9 Å². The lowest BCUT2D eigenvalue weighted by atomic mass is 10.00. The van der Waals surface area contributed by atoms with E-state index >= 15 is 0 Å². The van der Waals surface area contributed by atoms with Gasteiger partial charge in [0.15, 0.2) is 0 Å². The summed E-state index contributed by atoms with van der Waals surface area (Å²) in [4.78, 5) is 34.3. The summed E-state index contributed by atoms with van der Waals surface area (Å²) in [5.41, 5.74) is 11.8. The van der Waals surface area contributed by atoms with E-state index in [0.29, 0.717) is 12.1 Å². The minimum absolute atomic E-state index is 0.0732. The first-order valence-corrected chi connectivity index (χ1v) is 6.40. The average molecular weight is 293 g/mol. The van der Waals surface area contributed by atoms with Crippen molar-refractivity contribution in [2.24, 2.45) is 11.5 Å². The predicted octanol–water partition coefficient (Wildman–Crippen LogP) is -0.353. The first kappa shape index (κ1) is 16.6. The quantitative estimate of drug-likeness (QED) is 0.603. The van der Waals surface area contributed by atoms with E-state index < -0.39 is 23.7 Å². The minimum atomic E-state index is -0.896. The van der Waals surface area contributed by atoms with Gasteiger partial charge in [0.1, 0.15) is 0 Å². The molecule has 1 rings (SSSR count). The van der Waals surface area contributed by atoms with Crippen LogP contribution in [0.1, 0.15) is 24.0 Å². The zero-order chi connectivity index (χ0) is 16.0. The second-order valence-electron chi connectivity index (χ2n) is 4.88. The molecule has 0 saturated carbocycles. The summed E-state index contributed by atoms with van der Waals surface area (Å²) in [6.45, 7) is 1.78. The smallest absolute Gasteiger partial charge is 0.310 e. The Morgan fingerprint density at radius 1 is 1.10 bits per heavy atom. The lowest BCUT2D eigenvalue weighted by Crippen LogP contribution is -2.39. The highest BCUT2D eigenvalue weighted by atomic mass is 16.4. The number of hydrogen-bond donors (Lipinski definition) is 3. The fourth-order valence-electron chi connectivity index (χ4n) is 1.92. The highest BCUT2D eigenvalue weighted by Crippen LogP contribution is 2.16. The molecule has 5 N–H and O–H groups in total. The summed E-state index contributed by atoms with van der Waals surface area (Å²) in [6, 6.07) is 6.93. The molecule has 0 saturated heterocycles. The largest absolute Gasteiger partial charge is 0.481 e. The lowest BCUT2D eigenvalue weighted by molar-refractivity contribution is -0.138. The van der Waals surface area contributed by atoms with Gasteiger partial charge in [-0.1, -0.05) is 24.3 Å². The standard InChI is InChI=1S/C14H19N3O4/c1-9(14(20)21)11-4-2-10(3-5-11)6-17(7-12(15)18)8-13(16)19/h2-5,9H,6-8H2,1H3,(H2,15,18)(H2,16,19)(H,20,21). The van der Waals surface area contributed by atoms with Gasteiger partial charge in [-0.25, -0.2) is 0 Å². The van der Waals surface area contributed by atoms with E-state index in [9.17, 15) is 14.4 Å². The molecule has 1 aromatic carbocycles. The van der Waals surface area contributed by atoms with Gasteiger partial charge in [0.25, 0.3) is 0 Å². The third kappa shape index (κ3) is 5.62. The highest BCUT2D eigenvalue weighted by molar-refractivity contribution is 5.79. The summed E-state index contributed by atoms with van der Waals surface area (Å²) in [5, 5.41) is 8.94. The number of aliphatic carboxylic acids is 1. The molecule has 114 valence electrons. The van der Waals surface area contributed by atoms with Crippen LogP contribution in [0.4, 0.5) is 0 Å². The van der Waals surface area contributed by atoms with E-state index in [0.717, 1.165) is 5.56 Å². The number of nitrogens with zero attached hydrogens (tertiary/aromatic N) is 1. The van der Waals surface area contributed by atoms with Crippen LogP contribution in [0.15, 0.2) is 24.3 Å². The van der Waals surface area contributed by atoms with Crippen LogP contribution in [0.25, 0.3) is 0 Å². The van der Waals surface area contributed by atoms with E-state index in [4.69, 9.17) is 16.6 Å². The van der Waals surface area contributed by atoms with Crippen LogP contribution in [0.3, 0.4) is 0 Å². The number of carbonyl (C=O) groups is 3. The van der Waals surface area contributed by atoms with Gasteiger partial charge in [-0.05, 0) is 18.1 Å². The number of carboxylic acid groups (broad SMARTS) is 1. The summed E-state index contributed by atoms with van der Waals surface area (Å²) in [5.74, 6) is -2.59. The number of nitrogens with two attached hydrogens (primary N) is 2. The Morgan fingerprint density at radius 2 is 1.57 bits per heavy atom. The van der Waals surface area contributed by atoms with Crippen LogP contribution in [0.5, 0.6) is 0 Å². The van der Waals surface area contributed by atoms with E-state index in [1.165, 1.54) is 4.90 Å². The van der Waals surface area contributed by atoms with Gasteiger partial charge in [0.2, 0.25) is 11.8 Å². The molecule has 0 aliphatic rings. The molecule has 0 bridgehead atoms. The molecule has 0 aliphatic heterocycles. The highest BCUT2D eigenvalue weighted by Gasteiger charge is 2.15. The van der Waals surface area contributed by atoms with Gasteiger partial charge >= 0.3 is 5.97 Å². The molecule has 7 nitrogen and oxygen atoms in total. The number of hydrogen-bond acceptors (Lipinski definition) is 4. The molecule has 0 heterocycles. The minimum Gasteiger partial charge on any atom is -0.481 e. The van der Waals surface area contributed by atoms with Crippen molar-refractivity contribution in [3.8, 4) is 0 Å². The SMILES string of the molecule is CC(C(=O)O)c1ccc(CN(CC(N)=O)CC(N)=O)cc1. The third-order valence-electron chi connectivity index (χ3n) is 3.02. The van der Waals surface area contributed by atoms with Crippen molar-refractivity contribution in [1.29, 1.82) is 0 Å². The average Bonchev–Trinajstić information content (AvgIpc) is 2.37. The van der Waals surface area contributed by atoms with Gasteiger partial charge in [0.05, 0.1) is 19.0 Å². The van der Waals surface area contributed by atoms with Gasteiger partial charge in [0, 0.05) is 6.54 Å². The number of rotatable bonds is 8. The molecule has 21 heavy (non-hydrogen) atoms. The molecular formula is C14H19N3O4. The molecule has 0 aliphatic carbocycles. The zero-order valence-corrected chi connectivity index (χ0v) is 11.8. The number of amides is 2. The molecule has 0 radical (unpaired) electrons. The zero-order valence-electron chi connectivity index (χ0n) is 11.8. The number of primary amides is 2. The molecule has 1 unspecified atom stereocenters. The van der Waals surface area contributed by atoms with E-state index in [2.05, 4.69) is 0 Å². The van der Waals surface area contributed by atoms with Crippen molar-refractivity contribution in [2.45, 2.75) is 19.4 Å². The summed E-state index contributed by atoms with van der Waals surface area (Å²) in [6.07, 6.45) is 0. The maximum Gasteiger partial charge on any atom is 0.310 e. The summed E-state index contributed by atoms with van der Waals surface area (Å²) < 4.78 is 0. The van der Waals surface area contributed by atoms with Crippen molar-refractivity contribution < 1.29 is 19.5 Å². The summed E-state index contributed by atoms with van der Waals surface area (Å²) in [7, 11) is 0. The van der Waals surface area contributed by atoms with Gasteiger partial charge in [-0.3, -0.25) is 19.3 Å². The van der Waals surface area contributed by atoms with Gasteiger partial charge < -0.3 is 16.6 Å². The van der Waals surface area contributed by atoms with Crippen LogP contribution >= 0.6 is 0 Å². The molecule has 0 spiro atoms. The number of carbonyl (C=O) groups excluding carboxylic acids is 2. The summed E-state index contributed by atoms with van der Waals surface area (Å²) >= 11 is 0. The topological polar surface area (TPSA) is 127 Å². The van der Waals surface area contributed by atoms with Gasteiger partial charge in [-0.2, -0.15) is 0 Å². The maximum absolute atomic E-state index is 11.0. The van der Waals surface area contributed by atoms with E-state index in [1.807, 2.05) is 0 Å². The Balaban J connectivity index is 2.77. The normalized spacial score (nSPS) is 12.1. The Hall–Kier alpha value is -2.41. The van der Waals surface area contributed by atoms with Crippen LogP contribution < -0.4 is 11.5 Å². The molecule has 0 aromatic heterocycles. The Kier molecular flexibility index (Phi) is 5.86. The molecule has 2 amide bonds. The van der Waals surface area contributed by atoms with Crippen LogP contribution in [-0.2, 0) is 20.9 Å². The number of carboxylic acids is 1. The Morgan fingerprint density at radius 3 is 1.95 bits per heavy atom. The van der Waals surface area contributed by atoms with Crippen LogP contribution in [0, 0.1) is 0 Å². The van der Waals surface area contributed by atoms with Crippen molar-refractivity contribution >= 4 is 17.8 Å². The van der Waals surface area contributed by atoms with Crippen molar-refractivity contribution in [2.75, 3.05) is 13.1 Å². The fourth-order valence-corrected chi connectivity index (χ4v) is 1.92. The maximum atomic E-state index is 11.0. The Bertz CT molecular complexity index is 512. The molecule has 7 heteroatoms. The van der Waals surface area contributed by atoms with Crippen molar-refractivity contribution in [3.63, 3.8) is 0 Å².